The number of carbonyl (C=O) groups is 5. The number of benzene rings is 1. The summed E-state index contributed by atoms with van der Waals surface area (Å²) in [7, 11) is 1.02. The maximum Gasteiger partial charge on any atom is 0.374 e. The van der Waals surface area contributed by atoms with E-state index < -0.39 is 42.3 Å². The number of methoxy groups -OCH3 is 1. The molecule has 7 nitrogen and oxygen atoms in total. The van der Waals surface area contributed by atoms with Gasteiger partial charge in [0, 0.05) is 0 Å². The first-order valence-corrected chi connectivity index (χ1v) is 6.03. The van der Waals surface area contributed by atoms with E-state index in [4.69, 9.17) is 0 Å². The number of amides is 2. The molecule has 2 amide bonds. The van der Waals surface area contributed by atoms with E-state index in [0.29, 0.717) is 0 Å². The number of carbonyl (C=O) groups excluding carboxylic acids is 5. The van der Waals surface area contributed by atoms with Gasteiger partial charge in [-0.2, -0.15) is 0 Å². The van der Waals surface area contributed by atoms with Crippen molar-refractivity contribution in [2.45, 2.75) is 6.42 Å². The Labute approximate surface area is 119 Å². The highest BCUT2D eigenvalue weighted by molar-refractivity contribution is 6.37. The Morgan fingerprint density at radius 3 is 2.05 bits per heavy atom. The first-order valence-electron chi connectivity index (χ1n) is 6.03. The first-order chi connectivity index (χ1) is 9.95. The van der Waals surface area contributed by atoms with Gasteiger partial charge in [0.1, 0.15) is 0 Å². The third kappa shape index (κ3) is 2.71. The average Bonchev–Trinajstić information content (AvgIpc) is 2.72. The maximum atomic E-state index is 12.0. The molecular weight excluding hydrogens is 278 g/mol. The van der Waals surface area contributed by atoms with Crippen LogP contribution in [-0.2, 0) is 19.1 Å². The number of hydrogen-bond acceptors (Lipinski definition) is 6. The van der Waals surface area contributed by atoms with Gasteiger partial charge in [0.05, 0.1) is 31.2 Å². The van der Waals surface area contributed by atoms with Crippen LogP contribution in [0.15, 0.2) is 24.3 Å². The minimum atomic E-state index is -1.13. The molecule has 1 aromatic carbocycles. The van der Waals surface area contributed by atoms with Crippen LogP contribution in [0.4, 0.5) is 0 Å². The normalized spacial score (nSPS) is 13.1. The zero-order valence-electron chi connectivity index (χ0n) is 11.1. The summed E-state index contributed by atoms with van der Waals surface area (Å²) in [4.78, 5) is 58.6. The van der Waals surface area contributed by atoms with Crippen molar-refractivity contribution >= 4 is 29.4 Å². The van der Waals surface area contributed by atoms with Crippen molar-refractivity contribution in [2.24, 2.45) is 0 Å². The second-order valence-corrected chi connectivity index (χ2v) is 4.37. The van der Waals surface area contributed by atoms with Crippen LogP contribution in [0.5, 0.6) is 0 Å². The molecule has 0 unspecified atom stereocenters. The number of imide groups is 1. The first kappa shape index (κ1) is 14.6. The van der Waals surface area contributed by atoms with Crippen molar-refractivity contribution in [3.8, 4) is 0 Å². The lowest BCUT2D eigenvalue weighted by atomic mass is 10.1. The number of ether oxygens (including phenoxy) is 1. The Balaban J connectivity index is 2.07. The number of esters is 1. The van der Waals surface area contributed by atoms with Gasteiger partial charge >= 0.3 is 5.97 Å². The molecule has 1 aliphatic rings. The summed E-state index contributed by atoms with van der Waals surface area (Å²) >= 11 is 0. The highest BCUT2D eigenvalue weighted by Crippen LogP contribution is 2.22. The van der Waals surface area contributed by atoms with E-state index in [2.05, 4.69) is 4.74 Å². The van der Waals surface area contributed by atoms with Crippen molar-refractivity contribution in [3.05, 3.63) is 35.4 Å². The zero-order chi connectivity index (χ0) is 15.6. The van der Waals surface area contributed by atoms with Crippen LogP contribution < -0.4 is 0 Å². The van der Waals surface area contributed by atoms with Crippen molar-refractivity contribution < 1.29 is 28.7 Å². The predicted octanol–water partition coefficient (Wildman–Crippen LogP) is -0.0161. The quantitative estimate of drug-likeness (QED) is 0.327. The fraction of sp³-hybridized carbons (Fsp3) is 0.214. The molecule has 0 aliphatic carbocycles. The average molecular weight is 289 g/mol. The Morgan fingerprint density at radius 2 is 1.57 bits per heavy atom. The lowest BCUT2D eigenvalue weighted by molar-refractivity contribution is -0.152. The minimum absolute atomic E-state index is 0.217. The van der Waals surface area contributed by atoms with Crippen LogP contribution in [0, 0.1) is 0 Å². The van der Waals surface area contributed by atoms with E-state index in [-0.39, 0.29) is 11.1 Å². The highest BCUT2D eigenvalue weighted by atomic mass is 16.5. The third-order valence-corrected chi connectivity index (χ3v) is 2.98. The number of rotatable bonds is 5. The largest absolute Gasteiger partial charge is 0.463 e. The molecule has 0 radical (unpaired) electrons. The van der Waals surface area contributed by atoms with Gasteiger partial charge in [-0.1, -0.05) is 12.1 Å². The fourth-order valence-electron chi connectivity index (χ4n) is 1.98. The van der Waals surface area contributed by atoms with Crippen molar-refractivity contribution in [1.29, 1.82) is 0 Å². The van der Waals surface area contributed by atoms with Crippen LogP contribution in [0.1, 0.15) is 27.1 Å². The lowest BCUT2D eigenvalue weighted by Crippen LogP contribution is -2.36. The van der Waals surface area contributed by atoms with Gasteiger partial charge in [0.2, 0.25) is 5.78 Å². The molecule has 0 saturated heterocycles. The molecule has 0 atom stereocenters. The van der Waals surface area contributed by atoms with Gasteiger partial charge < -0.3 is 4.74 Å². The van der Waals surface area contributed by atoms with Crippen molar-refractivity contribution in [3.63, 3.8) is 0 Å². The molecule has 0 spiro atoms. The summed E-state index contributed by atoms with van der Waals surface area (Å²) in [5, 5.41) is 0. The molecular formula is C14H11NO6. The second kappa shape index (κ2) is 5.66. The number of hydrogen-bond donors (Lipinski definition) is 0. The summed E-state index contributed by atoms with van der Waals surface area (Å²) in [6, 6.07) is 6.19. The van der Waals surface area contributed by atoms with E-state index in [1.165, 1.54) is 12.1 Å². The van der Waals surface area contributed by atoms with E-state index in [0.717, 1.165) is 12.0 Å². The molecule has 1 aromatic rings. The number of Topliss-reactive ketones (excluding diaryl/α,β-unsaturated/α-hetero) is 2. The Kier molecular flexibility index (Phi) is 3.93. The molecule has 0 aromatic heterocycles. The molecule has 1 heterocycles. The SMILES string of the molecule is COC(=O)C(=O)CC(=O)CN1C(=O)c2ccccc2C1=O. The molecule has 1 aliphatic heterocycles. The molecule has 108 valence electrons. The summed E-state index contributed by atoms with van der Waals surface area (Å²) < 4.78 is 4.19. The maximum absolute atomic E-state index is 12.0. The summed E-state index contributed by atoms with van der Waals surface area (Å²) in [6.07, 6.45) is -0.708. The van der Waals surface area contributed by atoms with Gasteiger partial charge in [0.25, 0.3) is 11.8 Å². The van der Waals surface area contributed by atoms with Crippen LogP contribution in [0.3, 0.4) is 0 Å². The molecule has 0 fully saturated rings. The predicted molar refractivity (Wildman–Crippen MR) is 68.5 cm³/mol. The molecule has 7 heteroatoms. The Hall–Kier alpha value is -2.83. The van der Waals surface area contributed by atoms with Gasteiger partial charge in [0.15, 0.2) is 5.78 Å². The van der Waals surface area contributed by atoms with E-state index >= 15 is 0 Å². The monoisotopic (exact) mass is 289 g/mol. The molecule has 0 bridgehead atoms. The summed E-state index contributed by atoms with van der Waals surface area (Å²) in [5.41, 5.74) is 0.434. The van der Waals surface area contributed by atoms with Gasteiger partial charge in [-0.25, -0.2) is 4.79 Å². The third-order valence-electron chi connectivity index (χ3n) is 2.98. The molecule has 21 heavy (non-hydrogen) atoms. The zero-order valence-corrected chi connectivity index (χ0v) is 11.1. The topological polar surface area (TPSA) is 97.8 Å². The smallest absolute Gasteiger partial charge is 0.374 e. The van der Waals surface area contributed by atoms with Crippen LogP contribution in [-0.4, -0.2) is 47.9 Å². The van der Waals surface area contributed by atoms with Crippen LogP contribution in [0.25, 0.3) is 0 Å². The molecule has 0 N–H and O–H groups in total. The van der Waals surface area contributed by atoms with Gasteiger partial charge in [-0.15, -0.1) is 0 Å². The summed E-state index contributed by atoms with van der Waals surface area (Å²) in [6.45, 7) is -0.547. The van der Waals surface area contributed by atoms with Crippen LogP contribution in [0.2, 0.25) is 0 Å². The number of nitrogens with zero attached hydrogens (tertiary/aromatic N) is 1. The minimum Gasteiger partial charge on any atom is -0.463 e. The standard InChI is InChI=1S/C14H11NO6/c1-21-14(20)11(17)6-8(16)7-15-12(18)9-4-2-3-5-10(9)13(15)19/h2-5H,6-7H2,1H3. The van der Waals surface area contributed by atoms with E-state index in [1.54, 1.807) is 12.1 Å². The Bertz CT molecular complexity index is 628. The Morgan fingerprint density at radius 1 is 1.05 bits per heavy atom. The molecule has 2 rings (SSSR count). The summed E-state index contributed by atoms with van der Waals surface area (Å²) in [5.74, 6) is -4.03. The van der Waals surface area contributed by atoms with Gasteiger partial charge in [-0.05, 0) is 12.1 Å². The van der Waals surface area contributed by atoms with Crippen molar-refractivity contribution in [1.82, 2.24) is 4.90 Å². The lowest BCUT2D eigenvalue weighted by Gasteiger charge is -2.12. The number of ketones is 2. The molecule has 0 saturated carbocycles. The fourth-order valence-corrected chi connectivity index (χ4v) is 1.98. The number of fused-ring (bicyclic) bond motifs is 1. The second-order valence-electron chi connectivity index (χ2n) is 4.37. The highest BCUT2D eigenvalue weighted by Gasteiger charge is 2.36. The van der Waals surface area contributed by atoms with E-state index in [9.17, 15) is 24.0 Å². The van der Waals surface area contributed by atoms with E-state index in [1.807, 2.05) is 0 Å². The van der Waals surface area contributed by atoms with Crippen molar-refractivity contribution in [2.75, 3.05) is 13.7 Å². The van der Waals surface area contributed by atoms with Gasteiger partial charge in [-0.3, -0.25) is 24.1 Å². The van der Waals surface area contributed by atoms with Crippen LogP contribution >= 0.6 is 0 Å².